The third-order valence-electron chi connectivity index (χ3n) is 4.10. The largest absolute Gasteiger partial charge is 0.375 e. The van der Waals surface area contributed by atoms with Gasteiger partial charge in [0.1, 0.15) is 0 Å². The van der Waals surface area contributed by atoms with Crippen LogP contribution < -0.4 is 10.2 Å². The Morgan fingerprint density at radius 1 is 1.14 bits per heavy atom. The second kappa shape index (κ2) is 6.34. The molecule has 0 aliphatic carbocycles. The molecule has 1 aliphatic rings. The van der Waals surface area contributed by atoms with E-state index in [2.05, 4.69) is 29.3 Å². The van der Waals surface area contributed by atoms with Gasteiger partial charge >= 0.3 is 0 Å². The molecule has 1 heterocycles. The topological polar surface area (TPSA) is 15.3 Å². The number of unbranched alkanes of at least 4 members (excludes halogenated alkanes) is 1. The van der Waals surface area contributed by atoms with Crippen LogP contribution in [0.5, 0.6) is 0 Å². The van der Waals surface area contributed by atoms with Crippen LogP contribution in [0.25, 0.3) is 0 Å². The van der Waals surface area contributed by atoms with Crippen molar-refractivity contribution in [3.63, 3.8) is 0 Å². The van der Waals surface area contributed by atoms with Gasteiger partial charge in [0, 0.05) is 25.2 Å². The van der Waals surface area contributed by atoms with Crippen LogP contribution in [0.15, 0.2) is 42.5 Å². The van der Waals surface area contributed by atoms with Crippen LogP contribution >= 0.6 is 0 Å². The Hall–Kier alpha value is -2.10. The van der Waals surface area contributed by atoms with Gasteiger partial charge in [0.25, 0.3) is 0 Å². The summed E-state index contributed by atoms with van der Waals surface area (Å²) in [4.78, 5) is 2.15. The molecule has 1 atom stereocenters. The van der Waals surface area contributed by atoms with Crippen molar-refractivity contribution in [3.8, 4) is 0 Å². The van der Waals surface area contributed by atoms with E-state index in [9.17, 15) is 8.78 Å². The molecule has 2 aromatic rings. The first-order chi connectivity index (χ1) is 10.7. The minimum absolute atomic E-state index is 0.0791. The van der Waals surface area contributed by atoms with Gasteiger partial charge in [-0.1, -0.05) is 43.7 Å². The summed E-state index contributed by atoms with van der Waals surface area (Å²) in [7, 11) is 0. The highest BCUT2D eigenvalue weighted by atomic mass is 19.2. The zero-order chi connectivity index (χ0) is 15.5. The SMILES string of the molecule is CCCCN1CC(c2ccccc2)Nc2cc(F)c(F)cc21. The summed E-state index contributed by atoms with van der Waals surface area (Å²) in [5.41, 5.74) is 2.56. The van der Waals surface area contributed by atoms with Gasteiger partial charge in [-0.05, 0) is 12.0 Å². The lowest BCUT2D eigenvalue weighted by Crippen LogP contribution is -2.37. The van der Waals surface area contributed by atoms with Crippen molar-refractivity contribution in [2.75, 3.05) is 23.3 Å². The number of hydrogen-bond acceptors (Lipinski definition) is 2. The van der Waals surface area contributed by atoms with Crippen molar-refractivity contribution in [2.24, 2.45) is 0 Å². The van der Waals surface area contributed by atoms with E-state index in [1.165, 1.54) is 12.1 Å². The molecule has 3 rings (SSSR count). The maximum absolute atomic E-state index is 13.6. The minimum Gasteiger partial charge on any atom is -0.375 e. The zero-order valence-electron chi connectivity index (χ0n) is 12.7. The smallest absolute Gasteiger partial charge is 0.161 e. The molecule has 22 heavy (non-hydrogen) atoms. The average Bonchev–Trinajstić information content (AvgIpc) is 2.54. The average molecular weight is 302 g/mol. The minimum atomic E-state index is -0.810. The number of nitrogens with zero attached hydrogens (tertiary/aromatic N) is 1. The number of rotatable bonds is 4. The molecule has 1 aliphatic heterocycles. The quantitative estimate of drug-likeness (QED) is 0.877. The molecule has 0 amide bonds. The maximum atomic E-state index is 13.6. The van der Waals surface area contributed by atoms with Gasteiger partial charge in [-0.25, -0.2) is 8.78 Å². The predicted molar refractivity (Wildman–Crippen MR) is 86.3 cm³/mol. The summed E-state index contributed by atoms with van der Waals surface area (Å²) in [5, 5.41) is 3.34. The summed E-state index contributed by atoms with van der Waals surface area (Å²) in [6.07, 6.45) is 2.10. The molecule has 0 saturated heterocycles. The number of anilines is 2. The summed E-state index contributed by atoms with van der Waals surface area (Å²) in [5.74, 6) is -1.60. The molecule has 4 heteroatoms. The number of fused-ring (bicyclic) bond motifs is 1. The van der Waals surface area contributed by atoms with Crippen LogP contribution in [-0.4, -0.2) is 13.1 Å². The molecule has 0 spiro atoms. The fourth-order valence-corrected chi connectivity index (χ4v) is 2.90. The Morgan fingerprint density at radius 3 is 2.59 bits per heavy atom. The van der Waals surface area contributed by atoms with E-state index in [4.69, 9.17) is 0 Å². The van der Waals surface area contributed by atoms with Gasteiger partial charge in [-0.2, -0.15) is 0 Å². The van der Waals surface area contributed by atoms with Gasteiger partial charge in [0.05, 0.1) is 17.4 Å². The van der Waals surface area contributed by atoms with Gasteiger partial charge in [-0.3, -0.25) is 0 Å². The van der Waals surface area contributed by atoms with E-state index < -0.39 is 11.6 Å². The highest BCUT2D eigenvalue weighted by molar-refractivity contribution is 5.73. The second-order valence-electron chi connectivity index (χ2n) is 5.69. The molecule has 0 aromatic heterocycles. The van der Waals surface area contributed by atoms with E-state index in [1.807, 2.05) is 18.2 Å². The van der Waals surface area contributed by atoms with Crippen LogP contribution in [0.1, 0.15) is 31.4 Å². The third-order valence-corrected chi connectivity index (χ3v) is 4.10. The molecular weight excluding hydrogens is 282 g/mol. The molecule has 1 N–H and O–H groups in total. The normalized spacial score (nSPS) is 17.0. The first-order valence-corrected chi connectivity index (χ1v) is 7.74. The molecule has 116 valence electrons. The van der Waals surface area contributed by atoms with Crippen molar-refractivity contribution in [1.82, 2.24) is 0 Å². The Bertz CT molecular complexity index is 643. The number of nitrogens with one attached hydrogen (secondary N) is 1. The lowest BCUT2D eigenvalue weighted by molar-refractivity contribution is 0.506. The van der Waals surface area contributed by atoms with Gasteiger partial charge in [-0.15, -0.1) is 0 Å². The summed E-state index contributed by atoms with van der Waals surface area (Å²) in [6, 6.07) is 12.7. The second-order valence-corrected chi connectivity index (χ2v) is 5.69. The summed E-state index contributed by atoms with van der Waals surface area (Å²) >= 11 is 0. The van der Waals surface area contributed by atoms with Crippen molar-refractivity contribution < 1.29 is 8.78 Å². The number of benzene rings is 2. The predicted octanol–water partition coefficient (Wildman–Crippen LogP) is 4.74. The fourth-order valence-electron chi connectivity index (χ4n) is 2.90. The lowest BCUT2D eigenvalue weighted by atomic mass is 10.0. The van der Waals surface area contributed by atoms with Crippen LogP contribution in [0.4, 0.5) is 20.2 Å². The Morgan fingerprint density at radius 2 is 1.86 bits per heavy atom. The van der Waals surface area contributed by atoms with E-state index in [-0.39, 0.29) is 6.04 Å². The monoisotopic (exact) mass is 302 g/mol. The molecule has 0 saturated carbocycles. The number of hydrogen-bond donors (Lipinski definition) is 1. The summed E-state index contributed by atoms with van der Waals surface area (Å²) in [6.45, 7) is 3.73. The Labute approximate surface area is 129 Å². The van der Waals surface area contributed by atoms with Gasteiger partial charge < -0.3 is 10.2 Å². The first kappa shape index (κ1) is 14.8. The van der Waals surface area contributed by atoms with E-state index in [1.54, 1.807) is 0 Å². The van der Waals surface area contributed by atoms with E-state index in [0.717, 1.165) is 37.2 Å². The fraction of sp³-hybridized carbons (Fsp3) is 0.333. The maximum Gasteiger partial charge on any atom is 0.161 e. The van der Waals surface area contributed by atoms with Crippen LogP contribution in [0.2, 0.25) is 0 Å². The van der Waals surface area contributed by atoms with E-state index >= 15 is 0 Å². The Kier molecular flexibility index (Phi) is 4.27. The van der Waals surface area contributed by atoms with Gasteiger partial charge in [0.15, 0.2) is 11.6 Å². The summed E-state index contributed by atoms with van der Waals surface area (Å²) < 4.78 is 27.2. The molecule has 0 radical (unpaired) electrons. The molecular formula is C18H20F2N2. The third kappa shape index (κ3) is 2.91. The van der Waals surface area contributed by atoms with Crippen LogP contribution in [0, 0.1) is 11.6 Å². The first-order valence-electron chi connectivity index (χ1n) is 7.74. The van der Waals surface area contributed by atoms with Crippen molar-refractivity contribution >= 4 is 11.4 Å². The van der Waals surface area contributed by atoms with Crippen molar-refractivity contribution in [3.05, 3.63) is 59.7 Å². The molecule has 0 fully saturated rings. The van der Waals surface area contributed by atoms with Crippen LogP contribution in [0.3, 0.4) is 0 Å². The molecule has 2 aromatic carbocycles. The standard InChI is InChI=1S/C18H20F2N2/c1-2-3-9-22-12-17(13-7-5-4-6-8-13)21-16-10-14(19)15(20)11-18(16)22/h4-8,10-11,17,21H,2-3,9,12H2,1H3. The zero-order valence-corrected chi connectivity index (χ0v) is 12.7. The molecule has 1 unspecified atom stereocenters. The van der Waals surface area contributed by atoms with Crippen molar-refractivity contribution in [1.29, 1.82) is 0 Å². The van der Waals surface area contributed by atoms with Crippen molar-refractivity contribution in [2.45, 2.75) is 25.8 Å². The van der Waals surface area contributed by atoms with Crippen LogP contribution in [-0.2, 0) is 0 Å². The van der Waals surface area contributed by atoms with E-state index in [0.29, 0.717) is 5.69 Å². The highest BCUT2D eigenvalue weighted by Crippen LogP contribution is 2.37. The molecule has 0 bridgehead atoms. The highest BCUT2D eigenvalue weighted by Gasteiger charge is 2.26. The van der Waals surface area contributed by atoms with Gasteiger partial charge in [0.2, 0.25) is 0 Å². The Balaban J connectivity index is 1.95. The molecule has 2 nitrogen and oxygen atoms in total. The number of halogens is 2. The lowest BCUT2D eigenvalue weighted by Gasteiger charge is -2.37.